The van der Waals surface area contributed by atoms with Gasteiger partial charge in [0.05, 0.1) is 9.35 Å². The largest absolute Gasteiger partial charge is 0.338 e. The Balaban J connectivity index is 1.73. The minimum absolute atomic E-state index is 0.191. The summed E-state index contributed by atoms with van der Waals surface area (Å²) in [4.78, 5) is 14.2. The van der Waals surface area contributed by atoms with E-state index in [4.69, 9.17) is 0 Å². The van der Waals surface area contributed by atoms with E-state index in [0.717, 1.165) is 35.5 Å². The lowest BCUT2D eigenvalue weighted by Crippen LogP contribution is -2.31. The lowest BCUT2D eigenvalue weighted by molar-refractivity contribution is 0.0782. The van der Waals surface area contributed by atoms with Crippen LogP contribution in [0.15, 0.2) is 15.2 Å². The van der Waals surface area contributed by atoms with E-state index in [1.165, 1.54) is 0 Å². The van der Waals surface area contributed by atoms with Crippen molar-refractivity contribution in [3.63, 3.8) is 0 Å². The van der Waals surface area contributed by atoms with Gasteiger partial charge in [0.2, 0.25) is 0 Å². The van der Waals surface area contributed by atoms with Crippen LogP contribution in [0.25, 0.3) is 0 Å². The molecule has 1 aromatic heterocycles. The average Bonchev–Trinajstić information content (AvgIpc) is 2.89. The Bertz CT molecular complexity index is 408. The molecule has 3 nitrogen and oxygen atoms in total. The summed E-state index contributed by atoms with van der Waals surface area (Å²) in [6.07, 6.45) is 0. The van der Waals surface area contributed by atoms with Crippen molar-refractivity contribution in [3.05, 3.63) is 20.8 Å². The Kier molecular flexibility index (Phi) is 2.77. The van der Waals surface area contributed by atoms with Gasteiger partial charge in [0, 0.05) is 31.6 Å². The summed E-state index contributed by atoms with van der Waals surface area (Å²) in [5.41, 5.74) is 0.824. The number of rotatable bonds is 1. The Morgan fingerprint density at radius 2 is 2.12 bits per heavy atom. The van der Waals surface area contributed by atoms with Gasteiger partial charge in [-0.1, -0.05) is 0 Å². The van der Waals surface area contributed by atoms with Crippen molar-refractivity contribution in [2.24, 2.45) is 11.8 Å². The monoisotopic (exact) mass is 300 g/mol. The number of amides is 1. The van der Waals surface area contributed by atoms with Crippen LogP contribution in [0.5, 0.6) is 0 Å². The molecular weight excluding hydrogens is 288 g/mol. The van der Waals surface area contributed by atoms with Crippen LogP contribution in [-0.2, 0) is 0 Å². The molecule has 16 heavy (non-hydrogen) atoms. The second kappa shape index (κ2) is 4.13. The summed E-state index contributed by atoms with van der Waals surface area (Å²) >= 11 is 4.97. The Labute approximate surface area is 107 Å². The van der Waals surface area contributed by atoms with Gasteiger partial charge < -0.3 is 10.2 Å². The van der Waals surface area contributed by atoms with Gasteiger partial charge in [-0.05, 0) is 33.8 Å². The van der Waals surface area contributed by atoms with Crippen LogP contribution < -0.4 is 5.32 Å². The number of hydrogen-bond acceptors (Lipinski definition) is 3. The summed E-state index contributed by atoms with van der Waals surface area (Å²) in [6.45, 7) is 3.98. The summed E-state index contributed by atoms with van der Waals surface area (Å²) in [6, 6.07) is 1.92. The zero-order chi connectivity index (χ0) is 11.1. The third-order valence-electron chi connectivity index (χ3n) is 3.49. The Morgan fingerprint density at radius 3 is 2.69 bits per heavy atom. The lowest BCUT2D eigenvalue weighted by Gasteiger charge is -2.16. The van der Waals surface area contributed by atoms with Crippen LogP contribution >= 0.6 is 27.3 Å². The van der Waals surface area contributed by atoms with Crippen LogP contribution in [0.2, 0.25) is 0 Å². The molecule has 3 rings (SSSR count). The fraction of sp³-hybridized carbons (Fsp3) is 0.545. The fourth-order valence-corrected chi connectivity index (χ4v) is 3.76. The van der Waals surface area contributed by atoms with Crippen LogP contribution in [0.3, 0.4) is 0 Å². The molecule has 2 atom stereocenters. The maximum Gasteiger partial charge on any atom is 0.254 e. The van der Waals surface area contributed by atoms with Gasteiger partial charge >= 0.3 is 0 Å². The fourth-order valence-electron chi connectivity index (χ4n) is 2.63. The summed E-state index contributed by atoms with van der Waals surface area (Å²) in [5.74, 6) is 1.54. The van der Waals surface area contributed by atoms with Crippen molar-refractivity contribution in [1.82, 2.24) is 10.2 Å². The van der Waals surface area contributed by atoms with E-state index in [2.05, 4.69) is 21.2 Å². The van der Waals surface area contributed by atoms with Gasteiger partial charge in [-0.25, -0.2) is 0 Å². The van der Waals surface area contributed by atoms with Crippen molar-refractivity contribution in [3.8, 4) is 0 Å². The van der Waals surface area contributed by atoms with E-state index in [1.54, 1.807) is 11.3 Å². The zero-order valence-corrected chi connectivity index (χ0v) is 11.2. The molecule has 0 saturated carbocycles. The number of likely N-dealkylation sites (tertiary alicyclic amines) is 1. The van der Waals surface area contributed by atoms with E-state index in [9.17, 15) is 4.79 Å². The smallest absolute Gasteiger partial charge is 0.254 e. The van der Waals surface area contributed by atoms with Gasteiger partial charge in [-0.2, -0.15) is 0 Å². The predicted octanol–water partition coefficient (Wildman–Crippen LogP) is 1.80. The van der Waals surface area contributed by atoms with Gasteiger partial charge in [-0.15, -0.1) is 11.3 Å². The molecule has 1 amide bonds. The summed E-state index contributed by atoms with van der Waals surface area (Å²) in [5, 5.41) is 5.31. The standard InChI is InChI=1S/C11H13BrN2OS/c12-10-1-7(6-16-10)11(15)14-4-8-2-13-3-9(8)5-14/h1,6,8-9,13H,2-5H2. The zero-order valence-electron chi connectivity index (χ0n) is 8.78. The number of nitrogens with one attached hydrogen (secondary N) is 1. The molecule has 0 radical (unpaired) electrons. The molecule has 2 saturated heterocycles. The minimum Gasteiger partial charge on any atom is -0.338 e. The highest BCUT2D eigenvalue weighted by molar-refractivity contribution is 9.11. The highest BCUT2D eigenvalue weighted by atomic mass is 79.9. The summed E-state index contributed by atoms with van der Waals surface area (Å²) in [7, 11) is 0. The minimum atomic E-state index is 0.191. The van der Waals surface area contributed by atoms with Crippen LogP contribution in [0.1, 0.15) is 10.4 Å². The SMILES string of the molecule is O=C(c1csc(Br)c1)N1CC2CNCC2C1. The molecule has 2 unspecified atom stereocenters. The topological polar surface area (TPSA) is 32.3 Å². The predicted molar refractivity (Wildman–Crippen MR) is 67.8 cm³/mol. The second-order valence-corrected chi connectivity index (χ2v) is 6.82. The molecular formula is C11H13BrN2OS. The first-order valence-electron chi connectivity index (χ1n) is 5.48. The molecule has 2 fully saturated rings. The molecule has 2 aliphatic rings. The first-order valence-corrected chi connectivity index (χ1v) is 7.15. The number of halogens is 1. The number of hydrogen-bond donors (Lipinski definition) is 1. The van der Waals surface area contributed by atoms with Crippen LogP contribution in [-0.4, -0.2) is 37.0 Å². The lowest BCUT2D eigenvalue weighted by atomic mass is 10.0. The molecule has 5 heteroatoms. The highest BCUT2D eigenvalue weighted by Crippen LogP contribution is 2.29. The molecule has 0 aromatic carbocycles. The molecule has 0 spiro atoms. The third kappa shape index (κ3) is 1.81. The molecule has 3 heterocycles. The van der Waals surface area contributed by atoms with Crippen molar-refractivity contribution in [1.29, 1.82) is 0 Å². The summed E-state index contributed by atoms with van der Waals surface area (Å²) < 4.78 is 1.02. The van der Waals surface area contributed by atoms with Crippen molar-refractivity contribution in [2.75, 3.05) is 26.2 Å². The van der Waals surface area contributed by atoms with Crippen LogP contribution in [0.4, 0.5) is 0 Å². The van der Waals surface area contributed by atoms with Gasteiger partial charge in [0.25, 0.3) is 5.91 Å². The normalized spacial score (nSPS) is 28.4. The quantitative estimate of drug-likeness (QED) is 0.858. The first-order chi connectivity index (χ1) is 7.74. The molecule has 1 aromatic rings. The van der Waals surface area contributed by atoms with E-state index in [-0.39, 0.29) is 5.91 Å². The van der Waals surface area contributed by atoms with E-state index < -0.39 is 0 Å². The van der Waals surface area contributed by atoms with E-state index >= 15 is 0 Å². The Morgan fingerprint density at radius 1 is 1.44 bits per heavy atom. The average molecular weight is 301 g/mol. The third-order valence-corrected chi connectivity index (χ3v) is 5.00. The van der Waals surface area contributed by atoms with Gasteiger partial charge in [0.1, 0.15) is 0 Å². The molecule has 0 aliphatic carbocycles. The first kappa shape index (κ1) is 10.7. The van der Waals surface area contributed by atoms with Crippen molar-refractivity contribution < 1.29 is 4.79 Å². The number of fused-ring (bicyclic) bond motifs is 1. The number of carbonyl (C=O) groups is 1. The van der Waals surface area contributed by atoms with Gasteiger partial charge in [0.15, 0.2) is 0 Å². The molecule has 1 N–H and O–H groups in total. The maximum absolute atomic E-state index is 12.2. The van der Waals surface area contributed by atoms with E-state index in [0.29, 0.717) is 11.8 Å². The van der Waals surface area contributed by atoms with Crippen LogP contribution in [0, 0.1) is 11.8 Å². The van der Waals surface area contributed by atoms with E-state index in [1.807, 2.05) is 16.3 Å². The maximum atomic E-state index is 12.2. The number of thiophene rings is 1. The molecule has 0 bridgehead atoms. The number of carbonyl (C=O) groups excluding carboxylic acids is 1. The molecule has 86 valence electrons. The number of nitrogens with zero attached hydrogens (tertiary/aromatic N) is 1. The van der Waals surface area contributed by atoms with Crippen molar-refractivity contribution in [2.45, 2.75) is 0 Å². The van der Waals surface area contributed by atoms with Gasteiger partial charge in [-0.3, -0.25) is 4.79 Å². The second-order valence-electron chi connectivity index (χ2n) is 4.53. The van der Waals surface area contributed by atoms with Crippen molar-refractivity contribution >= 4 is 33.2 Å². The Hall–Kier alpha value is -0.390. The highest BCUT2D eigenvalue weighted by Gasteiger charge is 2.38. The molecule has 2 aliphatic heterocycles.